The average Bonchev–Trinajstić information content (AvgIpc) is 2.58. The van der Waals surface area contributed by atoms with E-state index < -0.39 is 22.2 Å². The fourth-order valence-corrected chi connectivity index (χ4v) is 2.46. The second kappa shape index (κ2) is 8.47. The van der Waals surface area contributed by atoms with E-state index in [9.17, 15) is 18.3 Å². The lowest BCUT2D eigenvalue weighted by atomic mass is 10.3. The third kappa shape index (κ3) is 6.42. The largest absolute Gasteiger partial charge is 0.491 e. The highest BCUT2D eigenvalue weighted by atomic mass is 32.2. The summed E-state index contributed by atoms with van der Waals surface area (Å²) in [4.78, 5) is 11.7. The summed E-state index contributed by atoms with van der Waals surface area (Å²) in [6.07, 6.45) is -0.901. The van der Waals surface area contributed by atoms with Crippen LogP contribution in [0.5, 0.6) is 5.75 Å². The Bertz CT molecular complexity index is 812. The Hall–Kier alpha value is -2.62. The number of aliphatic hydroxyl groups excluding tert-OH is 1. The molecule has 5 N–H and O–H groups in total. The van der Waals surface area contributed by atoms with Gasteiger partial charge in [0.25, 0.3) is 0 Å². The molecule has 2 aromatic rings. The summed E-state index contributed by atoms with van der Waals surface area (Å²) >= 11 is 0. The van der Waals surface area contributed by atoms with Crippen LogP contribution in [0.4, 0.5) is 10.5 Å². The van der Waals surface area contributed by atoms with Crippen LogP contribution in [0.15, 0.2) is 59.5 Å². The Morgan fingerprint density at radius 1 is 1.16 bits per heavy atom. The van der Waals surface area contributed by atoms with Crippen LogP contribution >= 0.6 is 0 Å². The molecule has 2 amide bonds. The number of ether oxygens (including phenoxy) is 1. The van der Waals surface area contributed by atoms with Crippen molar-refractivity contribution in [3.63, 3.8) is 0 Å². The monoisotopic (exact) mass is 365 g/mol. The summed E-state index contributed by atoms with van der Waals surface area (Å²) in [5.41, 5.74) is 0.263. The number of para-hydroxylation sites is 1. The number of primary sulfonamides is 1. The topological polar surface area (TPSA) is 131 Å². The van der Waals surface area contributed by atoms with Crippen molar-refractivity contribution in [3.8, 4) is 5.75 Å². The number of urea groups is 1. The van der Waals surface area contributed by atoms with Crippen LogP contribution in [-0.4, -0.2) is 38.8 Å². The van der Waals surface area contributed by atoms with Crippen LogP contribution in [0.25, 0.3) is 0 Å². The number of sulfonamides is 1. The lowest BCUT2D eigenvalue weighted by Gasteiger charge is -2.14. The molecular formula is C16H19N3O5S. The number of carbonyl (C=O) groups is 1. The third-order valence-corrected chi connectivity index (χ3v) is 4.02. The maximum absolute atomic E-state index is 11.8. The van der Waals surface area contributed by atoms with Gasteiger partial charge in [-0.1, -0.05) is 24.3 Å². The summed E-state index contributed by atoms with van der Waals surface area (Å²) in [6.45, 7) is -0.0151. The van der Waals surface area contributed by atoms with Gasteiger partial charge in [-0.05, 0) is 30.3 Å². The number of nitrogens with one attached hydrogen (secondary N) is 2. The van der Waals surface area contributed by atoms with Crippen molar-refractivity contribution in [2.24, 2.45) is 5.14 Å². The molecule has 25 heavy (non-hydrogen) atoms. The summed E-state index contributed by atoms with van der Waals surface area (Å²) in [7, 11) is -3.85. The molecule has 0 heterocycles. The van der Waals surface area contributed by atoms with E-state index >= 15 is 0 Å². The van der Waals surface area contributed by atoms with Gasteiger partial charge in [0.1, 0.15) is 18.5 Å². The van der Waals surface area contributed by atoms with Gasteiger partial charge in [0.05, 0.1) is 4.90 Å². The van der Waals surface area contributed by atoms with Gasteiger partial charge in [-0.25, -0.2) is 18.4 Å². The van der Waals surface area contributed by atoms with Gasteiger partial charge in [-0.15, -0.1) is 0 Å². The van der Waals surface area contributed by atoms with E-state index in [-0.39, 0.29) is 23.7 Å². The molecule has 0 aliphatic carbocycles. The smallest absolute Gasteiger partial charge is 0.319 e. The molecule has 9 heteroatoms. The quantitative estimate of drug-likeness (QED) is 0.579. The van der Waals surface area contributed by atoms with E-state index in [0.29, 0.717) is 5.75 Å². The highest BCUT2D eigenvalue weighted by Crippen LogP contribution is 2.13. The standard InChI is InChI=1S/C16H19N3O5S/c17-25(22,23)15-8-4-5-12(9-15)19-16(21)18-10-13(20)11-24-14-6-2-1-3-7-14/h1-9,13,20H,10-11H2,(H2,17,22,23)(H2,18,19,21). The Kier molecular flexibility index (Phi) is 6.34. The first-order valence-corrected chi connectivity index (χ1v) is 8.93. The first kappa shape index (κ1) is 18.7. The summed E-state index contributed by atoms with van der Waals surface area (Å²) in [5.74, 6) is 0.616. The van der Waals surface area contributed by atoms with Crippen LogP contribution in [0, 0.1) is 0 Å². The minimum atomic E-state index is -3.85. The number of hydrogen-bond acceptors (Lipinski definition) is 5. The van der Waals surface area contributed by atoms with Gasteiger partial charge < -0.3 is 20.5 Å². The summed E-state index contributed by atoms with van der Waals surface area (Å²) in [5, 5.41) is 19.8. The van der Waals surface area contributed by atoms with Crippen molar-refractivity contribution >= 4 is 21.7 Å². The Morgan fingerprint density at radius 2 is 1.88 bits per heavy atom. The van der Waals surface area contributed by atoms with Crippen molar-refractivity contribution in [2.75, 3.05) is 18.5 Å². The molecule has 0 spiro atoms. The predicted molar refractivity (Wildman–Crippen MR) is 92.8 cm³/mol. The third-order valence-electron chi connectivity index (χ3n) is 3.10. The fourth-order valence-electron chi connectivity index (χ4n) is 1.90. The van der Waals surface area contributed by atoms with Crippen molar-refractivity contribution in [1.82, 2.24) is 5.32 Å². The second-order valence-electron chi connectivity index (χ2n) is 5.19. The molecular weight excluding hydrogens is 346 g/mol. The number of rotatable bonds is 7. The average molecular weight is 365 g/mol. The van der Waals surface area contributed by atoms with Crippen LogP contribution in [-0.2, 0) is 10.0 Å². The zero-order valence-corrected chi connectivity index (χ0v) is 14.1. The molecule has 1 unspecified atom stereocenters. The number of amides is 2. The summed E-state index contributed by atoms with van der Waals surface area (Å²) < 4.78 is 27.9. The van der Waals surface area contributed by atoms with Crippen LogP contribution < -0.4 is 20.5 Å². The molecule has 0 radical (unpaired) electrons. The highest BCUT2D eigenvalue weighted by Gasteiger charge is 2.11. The molecule has 0 bridgehead atoms. The number of carbonyl (C=O) groups excluding carboxylic acids is 1. The van der Waals surface area contributed by atoms with Gasteiger partial charge in [-0.2, -0.15) is 0 Å². The molecule has 8 nitrogen and oxygen atoms in total. The molecule has 2 rings (SSSR count). The molecule has 0 aliphatic rings. The van der Waals surface area contributed by atoms with Gasteiger partial charge in [-0.3, -0.25) is 0 Å². The van der Waals surface area contributed by atoms with Crippen molar-refractivity contribution in [1.29, 1.82) is 0 Å². The maximum Gasteiger partial charge on any atom is 0.319 e. The number of hydrogen-bond donors (Lipinski definition) is 4. The van der Waals surface area contributed by atoms with Crippen LogP contribution in [0.2, 0.25) is 0 Å². The maximum atomic E-state index is 11.8. The van der Waals surface area contributed by atoms with Crippen LogP contribution in [0.3, 0.4) is 0 Å². The molecule has 0 aliphatic heterocycles. The Morgan fingerprint density at radius 3 is 2.56 bits per heavy atom. The van der Waals surface area contributed by atoms with E-state index in [1.165, 1.54) is 24.3 Å². The van der Waals surface area contributed by atoms with E-state index in [1.54, 1.807) is 12.1 Å². The van der Waals surface area contributed by atoms with Crippen molar-refractivity contribution in [2.45, 2.75) is 11.0 Å². The number of aliphatic hydroxyl groups is 1. The Balaban J connectivity index is 1.78. The molecule has 2 aromatic carbocycles. The Labute approximate surface area is 145 Å². The van der Waals surface area contributed by atoms with E-state index in [1.807, 2.05) is 18.2 Å². The fraction of sp³-hybridized carbons (Fsp3) is 0.188. The first-order valence-electron chi connectivity index (χ1n) is 7.38. The number of benzene rings is 2. The number of anilines is 1. The van der Waals surface area contributed by atoms with Gasteiger partial charge in [0.15, 0.2) is 0 Å². The summed E-state index contributed by atoms with van der Waals surface area (Å²) in [6, 6.07) is 13.9. The lowest BCUT2D eigenvalue weighted by Crippen LogP contribution is -2.37. The minimum Gasteiger partial charge on any atom is -0.491 e. The molecule has 0 saturated heterocycles. The van der Waals surface area contributed by atoms with E-state index in [0.717, 1.165) is 0 Å². The van der Waals surface area contributed by atoms with E-state index in [4.69, 9.17) is 9.88 Å². The minimum absolute atomic E-state index is 0.0190. The molecule has 0 saturated carbocycles. The molecule has 1 atom stereocenters. The molecule has 134 valence electrons. The number of nitrogens with two attached hydrogens (primary N) is 1. The predicted octanol–water partition coefficient (Wildman–Crippen LogP) is 0.895. The SMILES string of the molecule is NS(=O)(=O)c1cccc(NC(=O)NCC(O)COc2ccccc2)c1. The van der Waals surface area contributed by atoms with Crippen molar-refractivity contribution < 1.29 is 23.1 Å². The van der Waals surface area contributed by atoms with E-state index in [2.05, 4.69) is 10.6 Å². The van der Waals surface area contributed by atoms with Gasteiger partial charge in [0.2, 0.25) is 10.0 Å². The molecule has 0 aromatic heterocycles. The van der Waals surface area contributed by atoms with Crippen LogP contribution in [0.1, 0.15) is 0 Å². The second-order valence-corrected chi connectivity index (χ2v) is 6.75. The zero-order chi connectivity index (χ0) is 18.3. The highest BCUT2D eigenvalue weighted by molar-refractivity contribution is 7.89. The zero-order valence-electron chi connectivity index (χ0n) is 13.3. The molecule has 0 fully saturated rings. The van der Waals surface area contributed by atoms with Gasteiger partial charge >= 0.3 is 6.03 Å². The lowest BCUT2D eigenvalue weighted by molar-refractivity contribution is 0.108. The van der Waals surface area contributed by atoms with Crippen molar-refractivity contribution in [3.05, 3.63) is 54.6 Å². The first-order chi connectivity index (χ1) is 11.8. The normalized spacial score (nSPS) is 12.2. The van der Waals surface area contributed by atoms with Gasteiger partial charge in [0, 0.05) is 12.2 Å².